The van der Waals surface area contributed by atoms with Crippen LogP contribution in [0.25, 0.3) is 0 Å². The molecule has 1 aliphatic heterocycles. The highest BCUT2D eigenvalue weighted by molar-refractivity contribution is 14.1. The van der Waals surface area contributed by atoms with E-state index in [4.69, 9.17) is 9.47 Å². The lowest BCUT2D eigenvalue weighted by Gasteiger charge is -2.16. The molecule has 0 N–H and O–H groups in total. The van der Waals surface area contributed by atoms with Gasteiger partial charge in [-0.15, -0.1) is 0 Å². The maximum atomic E-state index is 13.2. The summed E-state index contributed by atoms with van der Waals surface area (Å²) in [5, 5.41) is 0. The van der Waals surface area contributed by atoms with Crippen LogP contribution in [0, 0.1) is 3.57 Å². The lowest BCUT2D eigenvalue weighted by atomic mass is 10.2. The summed E-state index contributed by atoms with van der Waals surface area (Å²) >= 11 is 2.05. The lowest BCUT2D eigenvalue weighted by molar-refractivity contribution is -0.130. The normalized spacial score (nSPS) is 17.8. The van der Waals surface area contributed by atoms with Gasteiger partial charge >= 0.3 is 11.9 Å². The number of ether oxygens (including phenoxy) is 2. The molecule has 3 aromatic carbocycles. The van der Waals surface area contributed by atoms with E-state index in [-0.39, 0.29) is 11.1 Å². The fraction of sp³-hybridized carbons (Fsp3) is 0.0833. The number of nitrogens with zero attached hydrogens (tertiary/aromatic N) is 1. The second-order valence-corrected chi connectivity index (χ2v) is 8.12. The van der Waals surface area contributed by atoms with Gasteiger partial charge in [0, 0.05) is 3.57 Å². The van der Waals surface area contributed by atoms with E-state index < -0.39 is 36.0 Å². The monoisotopic (exact) mass is 541 g/mol. The molecule has 1 saturated heterocycles. The summed E-state index contributed by atoms with van der Waals surface area (Å²) in [7, 11) is 0. The summed E-state index contributed by atoms with van der Waals surface area (Å²) in [5.74, 6) is -3.18. The van der Waals surface area contributed by atoms with Crippen molar-refractivity contribution >= 4 is 52.0 Å². The van der Waals surface area contributed by atoms with Crippen LogP contribution in [-0.2, 0) is 19.1 Å². The molecule has 0 aliphatic carbocycles. The van der Waals surface area contributed by atoms with Crippen LogP contribution < -0.4 is 4.90 Å². The average molecular weight is 541 g/mol. The SMILES string of the molecule is O=C(O[C@@H]1C(=O)N(c2cccc(I)c2)C(=O)[C@@H]1OC(=O)c1ccccc1)c1ccccc1. The van der Waals surface area contributed by atoms with Crippen LogP contribution in [0.5, 0.6) is 0 Å². The van der Waals surface area contributed by atoms with Crippen molar-refractivity contribution in [3.05, 3.63) is 99.6 Å². The van der Waals surface area contributed by atoms with Gasteiger partial charge in [0.1, 0.15) is 0 Å². The third-order valence-corrected chi connectivity index (χ3v) is 5.43. The van der Waals surface area contributed by atoms with E-state index in [0.717, 1.165) is 8.47 Å². The zero-order valence-electron chi connectivity index (χ0n) is 16.5. The number of imide groups is 1. The predicted molar refractivity (Wildman–Crippen MR) is 123 cm³/mol. The Balaban J connectivity index is 1.66. The third kappa shape index (κ3) is 4.40. The molecule has 0 aromatic heterocycles. The molecule has 1 fully saturated rings. The lowest BCUT2D eigenvalue weighted by Crippen LogP contribution is -2.37. The van der Waals surface area contributed by atoms with Crippen molar-refractivity contribution in [3.8, 4) is 0 Å². The van der Waals surface area contributed by atoms with E-state index in [1.807, 2.05) is 0 Å². The molecule has 0 saturated carbocycles. The van der Waals surface area contributed by atoms with Gasteiger partial charge in [-0.1, -0.05) is 42.5 Å². The van der Waals surface area contributed by atoms with Crippen LogP contribution >= 0.6 is 22.6 Å². The van der Waals surface area contributed by atoms with Gasteiger partial charge in [-0.2, -0.15) is 0 Å². The van der Waals surface area contributed by atoms with Crippen molar-refractivity contribution < 1.29 is 28.7 Å². The molecule has 0 spiro atoms. The Labute approximate surface area is 197 Å². The minimum atomic E-state index is -1.61. The van der Waals surface area contributed by atoms with E-state index in [2.05, 4.69) is 22.6 Å². The molecular formula is C24H16INO6. The Morgan fingerprint density at radius 1 is 0.688 bits per heavy atom. The Bertz CT molecular complexity index is 1110. The van der Waals surface area contributed by atoms with Crippen LogP contribution in [0.1, 0.15) is 20.7 Å². The number of anilines is 1. The topological polar surface area (TPSA) is 90.0 Å². The second kappa shape index (κ2) is 9.31. The zero-order valence-corrected chi connectivity index (χ0v) is 18.7. The van der Waals surface area contributed by atoms with Crippen LogP contribution in [0.2, 0.25) is 0 Å². The minimum Gasteiger partial charge on any atom is -0.444 e. The fourth-order valence-electron chi connectivity index (χ4n) is 3.23. The molecule has 2 amide bonds. The Hall–Kier alpha value is -3.53. The Morgan fingerprint density at radius 3 is 1.59 bits per heavy atom. The number of esters is 2. The van der Waals surface area contributed by atoms with Crippen molar-refractivity contribution in [2.45, 2.75) is 12.2 Å². The summed E-state index contributed by atoms with van der Waals surface area (Å²) in [4.78, 5) is 52.4. The summed E-state index contributed by atoms with van der Waals surface area (Å²) in [6.45, 7) is 0. The molecular weight excluding hydrogens is 525 g/mol. The van der Waals surface area contributed by atoms with E-state index in [0.29, 0.717) is 5.69 Å². The molecule has 1 heterocycles. The Morgan fingerprint density at radius 2 is 1.16 bits per heavy atom. The van der Waals surface area contributed by atoms with E-state index >= 15 is 0 Å². The van der Waals surface area contributed by atoms with Gasteiger partial charge in [-0.25, -0.2) is 14.5 Å². The smallest absolute Gasteiger partial charge is 0.339 e. The molecule has 0 bridgehead atoms. The predicted octanol–water partition coefficient (Wildman–Crippen LogP) is 3.62. The van der Waals surface area contributed by atoms with Gasteiger partial charge < -0.3 is 9.47 Å². The highest BCUT2D eigenvalue weighted by atomic mass is 127. The molecule has 32 heavy (non-hydrogen) atoms. The van der Waals surface area contributed by atoms with Crippen molar-refractivity contribution in [1.29, 1.82) is 0 Å². The van der Waals surface area contributed by atoms with Crippen molar-refractivity contribution in [2.24, 2.45) is 0 Å². The number of hydrogen-bond acceptors (Lipinski definition) is 6. The first-order chi connectivity index (χ1) is 15.5. The van der Waals surface area contributed by atoms with E-state index in [1.165, 1.54) is 24.3 Å². The first-order valence-corrected chi connectivity index (χ1v) is 10.7. The average Bonchev–Trinajstić information content (AvgIpc) is 3.04. The summed E-state index contributed by atoms with van der Waals surface area (Å²) < 4.78 is 11.6. The van der Waals surface area contributed by atoms with Crippen molar-refractivity contribution in [3.63, 3.8) is 0 Å². The van der Waals surface area contributed by atoms with E-state index in [9.17, 15) is 19.2 Å². The van der Waals surface area contributed by atoms with Crippen LogP contribution in [-0.4, -0.2) is 36.0 Å². The molecule has 1 aliphatic rings. The maximum absolute atomic E-state index is 13.2. The minimum absolute atomic E-state index is 0.202. The van der Waals surface area contributed by atoms with Gasteiger partial charge in [0.05, 0.1) is 16.8 Å². The quantitative estimate of drug-likeness (QED) is 0.279. The molecule has 7 nitrogen and oxygen atoms in total. The van der Waals surface area contributed by atoms with Gasteiger partial charge in [0.15, 0.2) is 0 Å². The molecule has 2 atom stereocenters. The number of halogens is 1. The summed E-state index contributed by atoms with van der Waals surface area (Å²) in [5.41, 5.74) is 0.702. The van der Waals surface area contributed by atoms with Crippen LogP contribution in [0.3, 0.4) is 0 Å². The number of benzene rings is 3. The van der Waals surface area contributed by atoms with Crippen molar-refractivity contribution in [1.82, 2.24) is 0 Å². The summed E-state index contributed by atoms with van der Waals surface area (Å²) in [6.07, 6.45) is -3.22. The highest BCUT2D eigenvalue weighted by Crippen LogP contribution is 2.29. The van der Waals surface area contributed by atoms with Gasteiger partial charge in [0.2, 0.25) is 12.2 Å². The molecule has 4 rings (SSSR count). The third-order valence-electron chi connectivity index (χ3n) is 4.76. The molecule has 3 aromatic rings. The second-order valence-electron chi connectivity index (χ2n) is 6.88. The standard InChI is InChI=1S/C24H16INO6/c25-17-12-7-13-18(14-17)26-21(27)19(31-23(29)15-8-3-1-4-9-15)20(22(26)28)32-24(30)16-10-5-2-6-11-16/h1-14,19-20H/t19-,20+. The molecule has 0 unspecified atom stereocenters. The number of carbonyl (C=O) groups excluding carboxylic acids is 4. The van der Waals surface area contributed by atoms with E-state index in [1.54, 1.807) is 60.7 Å². The number of amides is 2. The first kappa shape index (κ1) is 21.7. The maximum Gasteiger partial charge on any atom is 0.339 e. The summed E-state index contributed by atoms with van der Waals surface area (Å²) in [6, 6.07) is 22.8. The largest absolute Gasteiger partial charge is 0.444 e. The number of hydrogen-bond donors (Lipinski definition) is 0. The fourth-order valence-corrected chi connectivity index (χ4v) is 3.76. The van der Waals surface area contributed by atoms with Crippen LogP contribution in [0.15, 0.2) is 84.9 Å². The van der Waals surface area contributed by atoms with Gasteiger partial charge in [0.25, 0.3) is 11.8 Å². The van der Waals surface area contributed by atoms with Gasteiger partial charge in [-0.05, 0) is 65.1 Å². The van der Waals surface area contributed by atoms with Gasteiger partial charge in [-0.3, -0.25) is 9.59 Å². The molecule has 8 heteroatoms. The zero-order chi connectivity index (χ0) is 22.7. The number of rotatable bonds is 5. The molecule has 160 valence electrons. The first-order valence-electron chi connectivity index (χ1n) is 9.61. The number of carbonyl (C=O) groups is 4. The van der Waals surface area contributed by atoms with Crippen molar-refractivity contribution in [2.75, 3.05) is 4.90 Å². The molecule has 0 radical (unpaired) electrons. The highest BCUT2D eigenvalue weighted by Gasteiger charge is 2.53. The Kier molecular flexibility index (Phi) is 6.31. The van der Waals surface area contributed by atoms with Crippen LogP contribution in [0.4, 0.5) is 5.69 Å².